The molecule has 1 saturated heterocycles. The number of carbonyl (C=O) groups is 1. The van der Waals surface area contributed by atoms with Gasteiger partial charge in [-0.2, -0.15) is 0 Å². The highest BCUT2D eigenvalue weighted by molar-refractivity contribution is 5.81. The summed E-state index contributed by atoms with van der Waals surface area (Å²) in [5.74, 6) is 0.210. The van der Waals surface area contributed by atoms with E-state index in [2.05, 4.69) is 10.3 Å². The zero-order valence-electron chi connectivity index (χ0n) is 9.19. The smallest absolute Gasteiger partial charge is 0.139 e. The summed E-state index contributed by atoms with van der Waals surface area (Å²) in [5, 5.41) is 3.21. The van der Waals surface area contributed by atoms with Crippen molar-refractivity contribution in [2.75, 3.05) is 19.7 Å². The average molecular weight is 220 g/mol. The summed E-state index contributed by atoms with van der Waals surface area (Å²) in [4.78, 5) is 15.7. The lowest BCUT2D eigenvalue weighted by Crippen LogP contribution is -2.39. The molecule has 1 aromatic heterocycles. The molecule has 1 unspecified atom stereocenters. The maximum atomic E-state index is 11.7. The summed E-state index contributed by atoms with van der Waals surface area (Å²) >= 11 is 0. The number of aromatic nitrogens is 1. The molecule has 1 aromatic rings. The molecule has 86 valence electrons. The van der Waals surface area contributed by atoms with Crippen LogP contribution in [0.5, 0.6) is 0 Å². The minimum atomic E-state index is 0.0397. The van der Waals surface area contributed by atoms with Gasteiger partial charge in [-0.3, -0.25) is 9.78 Å². The molecule has 0 amide bonds. The second-order valence-electron chi connectivity index (χ2n) is 3.98. The molecule has 0 aliphatic carbocycles. The van der Waals surface area contributed by atoms with Crippen molar-refractivity contribution in [1.29, 1.82) is 0 Å². The fourth-order valence-electron chi connectivity index (χ4n) is 1.81. The Labute approximate surface area is 95.0 Å². The third-order valence-electron chi connectivity index (χ3n) is 2.58. The van der Waals surface area contributed by atoms with Gasteiger partial charge in [-0.05, 0) is 11.6 Å². The van der Waals surface area contributed by atoms with Crippen LogP contribution < -0.4 is 5.32 Å². The predicted octanol–water partition coefficient (Wildman–Crippen LogP) is 0.572. The van der Waals surface area contributed by atoms with Gasteiger partial charge in [0.15, 0.2) is 0 Å². The van der Waals surface area contributed by atoms with Crippen LogP contribution in [0, 0.1) is 0 Å². The molecule has 1 aliphatic heterocycles. The fourth-order valence-corrected chi connectivity index (χ4v) is 1.81. The Hall–Kier alpha value is -1.26. The first kappa shape index (κ1) is 11.2. The van der Waals surface area contributed by atoms with Crippen LogP contribution in [-0.4, -0.2) is 36.6 Å². The number of rotatable bonds is 4. The highest BCUT2D eigenvalue weighted by Gasteiger charge is 2.17. The van der Waals surface area contributed by atoms with Crippen LogP contribution in [0.25, 0.3) is 0 Å². The lowest BCUT2D eigenvalue weighted by atomic mass is 10.1. The van der Waals surface area contributed by atoms with Gasteiger partial charge in [-0.15, -0.1) is 0 Å². The van der Waals surface area contributed by atoms with Gasteiger partial charge in [-0.25, -0.2) is 0 Å². The first-order valence-corrected chi connectivity index (χ1v) is 5.57. The molecular weight excluding hydrogens is 204 g/mol. The Morgan fingerprint density at radius 2 is 2.56 bits per heavy atom. The third kappa shape index (κ3) is 3.40. The maximum absolute atomic E-state index is 11.7. The van der Waals surface area contributed by atoms with Crippen LogP contribution in [0.1, 0.15) is 12.0 Å². The third-order valence-corrected chi connectivity index (χ3v) is 2.58. The molecule has 2 rings (SSSR count). The number of hydrogen-bond donors (Lipinski definition) is 1. The van der Waals surface area contributed by atoms with Crippen molar-refractivity contribution in [3.8, 4) is 0 Å². The maximum Gasteiger partial charge on any atom is 0.139 e. The van der Waals surface area contributed by atoms with Gasteiger partial charge in [0.1, 0.15) is 5.78 Å². The van der Waals surface area contributed by atoms with Gasteiger partial charge in [0.25, 0.3) is 0 Å². The van der Waals surface area contributed by atoms with Crippen molar-refractivity contribution in [3.05, 3.63) is 30.1 Å². The Kier molecular flexibility index (Phi) is 4.02. The molecule has 2 heterocycles. The zero-order chi connectivity index (χ0) is 11.2. The molecule has 0 bridgehead atoms. The fraction of sp³-hybridized carbons (Fsp3) is 0.500. The molecule has 4 nitrogen and oxygen atoms in total. The largest absolute Gasteiger partial charge is 0.375 e. The summed E-state index contributed by atoms with van der Waals surface area (Å²) in [6.07, 6.45) is 4.42. The molecule has 0 spiro atoms. The van der Waals surface area contributed by atoms with Crippen molar-refractivity contribution in [2.45, 2.75) is 18.9 Å². The van der Waals surface area contributed by atoms with E-state index in [0.717, 1.165) is 18.7 Å². The molecule has 1 aliphatic rings. The Morgan fingerprint density at radius 1 is 1.62 bits per heavy atom. The zero-order valence-corrected chi connectivity index (χ0v) is 9.19. The second kappa shape index (κ2) is 5.72. The van der Waals surface area contributed by atoms with Gasteiger partial charge in [0.2, 0.25) is 0 Å². The number of ketones is 1. The SMILES string of the molecule is O=C(Cc1cccnc1)CC1CNCCO1. The van der Waals surface area contributed by atoms with Crippen molar-refractivity contribution in [3.63, 3.8) is 0 Å². The lowest BCUT2D eigenvalue weighted by Gasteiger charge is -2.22. The molecule has 0 saturated carbocycles. The molecule has 0 aromatic carbocycles. The van der Waals surface area contributed by atoms with Crippen LogP contribution in [0.4, 0.5) is 0 Å². The Balaban J connectivity index is 1.80. The molecule has 1 atom stereocenters. The van der Waals surface area contributed by atoms with Crippen LogP contribution in [0.15, 0.2) is 24.5 Å². The highest BCUT2D eigenvalue weighted by atomic mass is 16.5. The number of carbonyl (C=O) groups excluding carboxylic acids is 1. The second-order valence-corrected chi connectivity index (χ2v) is 3.98. The Bertz CT molecular complexity index is 334. The lowest BCUT2D eigenvalue weighted by molar-refractivity contribution is -0.121. The minimum Gasteiger partial charge on any atom is -0.375 e. The van der Waals surface area contributed by atoms with E-state index >= 15 is 0 Å². The molecular formula is C12H16N2O2. The van der Waals surface area contributed by atoms with E-state index in [1.165, 1.54) is 0 Å². The monoisotopic (exact) mass is 220 g/mol. The van der Waals surface area contributed by atoms with Crippen molar-refractivity contribution >= 4 is 5.78 Å². The first-order valence-electron chi connectivity index (χ1n) is 5.57. The molecule has 16 heavy (non-hydrogen) atoms. The van der Waals surface area contributed by atoms with Crippen molar-refractivity contribution in [1.82, 2.24) is 10.3 Å². The van der Waals surface area contributed by atoms with E-state index in [0.29, 0.717) is 19.4 Å². The van der Waals surface area contributed by atoms with Gasteiger partial charge in [-0.1, -0.05) is 6.07 Å². The summed E-state index contributed by atoms with van der Waals surface area (Å²) in [6.45, 7) is 2.36. The van der Waals surface area contributed by atoms with E-state index in [-0.39, 0.29) is 11.9 Å². The molecule has 4 heteroatoms. The van der Waals surface area contributed by atoms with E-state index in [1.54, 1.807) is 12.4 Å². The normalized spacial score (nSPS) is 20.6. The van der Waals surface area contributed by atoms with E-state index in [4.69, 9.17) is 4.74 Å². The summed E-state index contributed by atoms with van der Waals surface area (Å²) < 4.78 is 5.49. The minimum absolute atomic E-state index is 0.0397. The number of Topliss-reactive ketones (excluding diaryl/α,β-unsaturated/α-hetero) is 1. The summed E-state index contributed by atoms with van der Waals surface area (Å²) in [6, 6.07) is 3.77. The predicted molar refractivity (Wildman–Crippen MR) is 60.2 cm³/mol. The number of nitrogens with one attached hydrogen (secondary N) is 1. The first-order chi connectivity index (χ1) is 7.84. The summed E-state index contributed by atoms with van der Waals surface area (Å²) in [7, 11) is 0. The quantitative estimate of drug-likeness (QED) is 0.806. The van der Waals surface area contributed by atoms with Crippen LogP contribution in [0.2, 0.25) is 0 Å². The summed E-state index contributed by atoms with van der Waals surface area (Å²) in [5.41, 5.74) is 0.969. The average Bonchev–Trinajstić information content (AvgIpc) is 2.31. The molecule has 1 N–H and O–H groups in total. The van der Waals surface area contributed by atoms with Crippen LogP contribution >= 0.6 is 0 Å². The van der Waals surface area contributed by atoms with Gasteiger partial charge < -0.3 is 10.1 Å². The number of pyridine rings is 1. The van der Waals surface area contributed by atoms with E-state index in [9.17, 15) is 4.79 Å². The van der Waals surface area contributed by atoms with E-state index < -0.39 is 0 Å². The molecule has 0 radical (unpaired) electrons. The Morgan fingerprint density at radius 3 is 3.25 bits per heavy atom. The molecule has 1 fully saturated rings. The van der Waals surface area contributed by atoms with Crippen molar-refractivity contribution in [2.24, 2.45) is 0 Å². The topological polar surface area (TPSA) is 51.2 Å². The van der Waals surface area contributed by atoms with Crippen LogP contribution in [0.3, 0.4) is 0 Å². The van der Waals surface area contributed by atoms with Crippen molar-refractivity contribution < 1.29 is 9.53 Å². The van der Waals surface area contributed by atoms with Gasteiger partial charge in [0.05, 0.1) is 12.7 Å². The number of hydrogen-bond acceptors (Lipinski definition) is 4. The highest BCUT2D eigenvalue weighted by Crippen LogP contribution is 2.06. The standard InChI is InChI=1S/C12H16N2O2/c15-11(6-10-2-1-3-13-8-10)7-12-9-14-4-5-16-12/h1-3,8,12,14H,4-7,9H2. The number of ether oxygens (including phenoxy) is 1. The number of morpholine rings is 1. The van der Waals surface area contributed by atoms with Gasteiger partial charge in [0, 0.05) is 38.3 Å². The van der Waals surface area contributed by atoms with Gasteiger partial charge >= 0.3 is 0 Å². The number of nitrogens with zero attached hydrogens (tertiary/aromatic N) is 1. The van der Waals surface area contributed by atoms with Crippen LogP contribution in [-0.2, 0) is 16.0 Å². The van der Waals surface area contributed by atoms with E-state index in [1.807, 2.05) is 12.1 Å².